The lowest BCUT2D eigenvalue weighted by Crippen LogP contribution is -2.27. The number of methoxy groups -OCH3 is 1. The Morgan fingerprint density at radius 2 is 1.88 bits per heavy atom. The molecule has 0 unspecified atom stereocenters. The number of cyclic esters (lactones) is 1. The third kappa shape index (κ3) is 6.23. The van der Waals surface area contributed by atoms with Crippen LogP contribution in [-0.4, -0.2) is 61.9 Å². The van der Waals surface area contributed by atoms with Gasteiger partial charge in [0.25, 0.3) is 5.91 Å². The van der Waals surface area contributed by atoms with E-state index in [1.807, 2.05) is 30.1 Å². The van der Waals surface area contributed by atoms with Gasteiger partial charge in [0.2, 0.25) is 5.90 Å². The molecular formula is C24H29N3O5. The number of benzene rings is 1. The topological polar surface area (TPSA) is 84.6 Å². The van der Waals surface area contributed by atoms with Crippen LogP contribution in [0.1, 0.15) is 41.8 Å². The molecule has 0 radical (unpaired) electrons. The third-order valence-electron chi connectivity index (χ3n) is 5.11. The molecule has 0 saturated carbocycles. The molecule has 170 valence electrons. The van der Waals surface area contributed by atoms with Crippen molar-refractivity contribution in [3.63, 3.8) is 0 Å². The molecular weight excluding hydrogens is 410 g/mol. The smallest absolute Gasteiger partial charge is 0.365 e. The van der Waals surface area contributed by atoms with E-state index in [0.29, 0.717) is 23.6 Å². The first-order valence-corrected chi connectivity index (χ1v) is 10.6. The second-order valence-electron chi connectivity index (χ2n) is 7.65. The lowest BCUT2D eigenvalue weighted by molar-refractivity contribution is -0.130. The molecule has 1 aliphatic heterocycles. The van der Waals surface area contributed by atoms with Gasteiger partial charge >= 0.3 is 5.97 Å². The minimum Gasteiger partial charge on any atom is -0.497 e. The molecule has 3 rings (SSSR count). The number of hydrogen-bond acceptors (Lipinski definition) is 7. The Kier molecular flexibility index (Phi) is 8.08. The van der Waals surface area contributed by atoms with Crippen LogP contribution in [0.5, 0.6) is 5.75 Å². The van der Waals surface area contributed by atoms with E-state index in [2.05, 4.69) is 4.99 Å². The van der Waals surface area contributed by atoms with E-state index < -0.39 is 5.97 Å². The number of hydrogen-bond donors (Lipinski definition) is 0. The predicted octanol–water partition coefficient (Wildman–Crippen LogP) is 3.70. The first-order valence-electron chi connectivity index (χ1n) is 10.6. The van der Waals surface area contributed by atoms with Gasteiger partial charge in [-0.2, -0.15) is 0 Å². The number of carbonyl (C=O) groups is 2. The van der Waals surface area contributed by atoms with Crippen molar-refractivity contribution in [2.24, 2.45) is 4.99 Å². The molecule has 0 atom stereocenters. The second-order valence-corrected chi connectivity index (χ2v) is 7.65. The van der Waals surface area contributed by atoms with Crippen molar-refractivity contribution >= 4 is 17.8 Å². The van der Waals surface area contributed by atoms with Crippen LogP contribution in [0.4, 0.5) is 0 Å². The zero-order chi connectivity index (χ0) is 22.9. The summed E-state index contributed by atoms with van der Waals surface area (Å²) in [7, 11) is 5.28. The largest absolute Gasteiger partial charge is 0.497 e. The highest BCUT2D eigenvalue weighted by atomic mass is 16.6. The molecule has 1 amide bonds. The van der Waals surface area contributed by atoms with Gasteiger partial charge in [-0.15, -0.1) is 0 Å². The van der Waals surface area contributed by atoms with Gasteiger partial charge in [-0.25, -0.2) is 9.79 Å². The van der Waals surface area contributed by atoms with E-state index in [1.165, 1.54) is 6.26 Å². The van der Waals surface area contributed by atoms with Crippen LogP contribution < -0.4 is 4.74 Å². The summed E-state index contributed by atoms with van der Waals surface area (Å²) in [6, 6.07) is 10.6. The maximum Gasteiger partial charge on any atom is 0.365 e. The Bertz CT molecular complexity index is 981. The van der Waals surface area contributed by atoms with E-state index in [-0.39, 0.29) is 17.5 Å². The standard InChI is InChI=1S/C24H29N3O5/c1-26(13-6-4-5-7-14-27(2)23(28)21-12-9-15-31-21)17-20-24(29)32-22(25-20)18-10-8-11-19(16-18)30-3/h8-12,15-17H,4-7,13-14H2,1-3H3. The third-order valence-corrected chi connectivity index (χ3v) is 5.11. The summed E-state index contributed by atoms with van der Waals surface area (Å²) in [5.74, 6) is 0.761. The number of rotatable bonds is 11. The van der Waals surface area contributed by atoms with Crippen LogP contribution in [-0.2, 0) is 9.53 Å². The van der Waals surface area contributed by atoms with Gasteiger partial charge in [0.1, 0.15) is 5.75 Å². The Hall–Kier alpha value is -3.55. The van der Waals surface area contributed by atoms with Crippen molar-refractivity contribution in [2.75, 3.05) is 34.3 Å². The van der Waals surface area contributed by atoms with Gasteiger partial charge in [0.05, 0.1) is 13.4 Å². The average molecular weight is 440 g/mol. The summed E-state index contributed by atoms with van der Waals surface area (Å²) >= 11 is 0. The SMILES string of the molecule is COc1cccc(C2=NC(=CN(C)CCCCCCN(C)C(=O)c3ccco3)C(=O)O2)c1. The van der Waals surface area contributed by atoms with E-state index >= 15 is 0 Å². The average Bonchev–Trinajstić information content (AvgIpc) is 3.46. The van der Waals surface area contributed by atoms with Crippen LogP contribution >= 0.6 is 0 Å². The van der Waals surface area contributed by atoms with Crippen molar-refractivity contribution in [1.29, 1.82) is 0 Å². The van der Waals surface area contributed by atoms with Crippen molar-refractivity contribution < 1.29 is 23.5 Å². The summed E-state index contributed by atoms with van der Waals surface area (Å²) in [5.41, 5.74) is 0.975. The van der Waals surface area contributed by atoms with Crippen LogP contribution in [0.2, 0.25) is 0 Å². The molecule has 0 fully saturated rings. The molecule has 0 spiro atoms. The van der Waals surface area contributed by atoms with E-state index in [0.717, 1.165) is 32.2 Å². The molecule has 0 N–H and O–H groups in total. The van der Waals surface area contributed by atoms with Crippen molar-refractivity contribution in [2.45, 2.75) is 25.7 Å². The molecule has 0 aliphatic carbocycles. The highest BCUT2D eigenvalue weighted by molar-refractivity contribution is 6.11. The summed E-state index contributed by atoms with van der Waals surface area (Å²) < 4.78 is 15.7. The highest BCUT2D eigenvalue weighted by Gasteiger charge is 2.24. The molecule has 2 heterocycles. The number of unbranched alkanes of at least 4 members (excludes halogenated alkanes) is 3. The fourth-order valence-corrected chi connectivity index (χ4v) is 3.31. The summed E-state index contributed by atoms with van der Waals surface area (Å²) in [6.07, 6.45) is 7.15. The molecule has 0 bridgehead atoms. The predicted molar refractivity (Wildman–Crippen MR) is 120 cm³/mol. The lowest BCUT2D eigenvalue weighted by atomic mass is 10.2. The first-order chi connectivity index (χ1) is 15.5. The highest BCUT2D eigenvalue weighted by Crippen LogP contribution is 2.20. The number of ether oxygens (including phenoxy) is 2. The van der Waals surface area contributed by atoms with Crippen LogP contribution in [0, 0.1) is 0 Å². The van der Waals surface area contributed by atoms with E-state index in [1.54, 1.807) is 43.5 Å². The minimum atomic E-state index is -0.459. The Morgan fingerprint density at radius 1 is 1.09 bits per heavy atom. The number of amides is 1. The van der Waals surface area contributed by atoms with E-state index in [9.17, 15) is 9.59 Å². The number of aliphatic imine (C=N–C) groups is 1. The molecule has 2 aromatic rings. The summed E-state index contributed by atoms with van der Waals surface area (Å²) in [4.78, 5) is 32.2. The summed E-state index contributed by atoms with van der Waals surface area (Å²) in [6.45, 7) is 1.48. The molecule has 8 heteroatoms. The van der Waals surface area contributed by atoms with Gasteiger partial charge in [0, 0.05) is 38.9 Å². The van der Waals surface area contributed by atoms with Gasteiger partial charge in [-0.05, 0) is 43.2 Å². The van der Waals surface area contributed by atoms with Crippen molar-refractivity contribution in [3.8, 4) is 5.75 Å². The fourth-order valence-electron chi connectivity index (χ4n) is 3.31. The molecule has 1 aliphatic rings. The van der Waals surface area contributed by atoms with Crippen molar-refractivity contribution in [1.82, 2.24) is 9.80 Å². The first kappa shape index (κ1) is 23.1. The molecule has 1 aromatic heterocycles. The second kappa shape index (κ2) is 11.2. The normalized spacial score (nSPS) is 14.3. The molecule has 8 nitrogen and oxygen atoms in total. The van der Waals surface area contributed by atoms with Crippen LogP contribution in [0.15, 0.2) is 64.0 Å². The van der Waals surface area contributed by atoms with Crippen LogP contribution in [0.3, 0.4) is 0 Å². The van der Waals surface area contributed by atoms with Gasteiger partial charge in [0.15, 0.2) is 11.5 Å². The maximum atomic E-state index is 12.2. The number of nitrogens with zero attached hydrogens (tertiary/aromatic N) is 3. The monoisotopic (exact) mass is 439 g/mol. The lowest BCUT2D eigenvalue weighted by Gasteiger charge is -2.16. The molecule has 0 saturated heterocycles. The number of esters is 1. The fraction of sp³-hybridized carbons (Fsp3) is 0.375. The zero-order valence-electron chi connectivity index (χ0n) is 18.7. The van der Waals surface area contributed by atoms with E-state index in [4.69, 9.17) is 13.9 Å². The number of furan rings is 1. The van der Waals surface area contributed by atoms with Crippen molar-refractivity contribution in [3.05, 3.63) is 65.9 Å². The maximum absolute atomic E-state index is 12.2. The quantitative estimate of drug-likeness (QED) is 0.302. The Morgan fingerprint density at radius 3 is 2.59 bits per heavy atom. The van der Waals surface area contributed by atoms with Crippen LogP contribution in [0.25, 0.3) is 0 Å². The van der Waals surface area contributed by atoms with Gasteiger partial charge in [-0.1, -0.05) is 18.9 Å². The zero-order valence-corrected chi connectivity index (χ0v) is 18.7. The van der Waals surface area contributed by atoms with Gasteiger partial charge in [-0.3, -0.25) is 4.79 Å². The van der Waals surface area contributed by atoms with Gasteiger partial charge < -0.3 is 23.7 Å². The molecule has 1 aromatic carbocycles. The molecule has 32 heavy (non-hydrogen) atoms. The Balaban J connectivity index is 1.39. The number of carbonyl (C=O) groups excluding carboxylic acids is 2. The minimum absolute atomic E-state index is 0.0984. The summed E-state index contributed by atoms with van der Waals surface area (Å²) in [5, 5.41) is 0. The Labute approximate surface area is 188 Å².